The van der Waals surface area contributed by atoms with Gasteiger partial charge in [0.2, 0.25) is 0 Å². The highest BCUT2D eigenvalue weighted by molar-refractivity contribution is 9.10. The molecule has 1 saturated heterocycles. The lowest BCUT2D eigenvalue weighted by Crippen LogP contribution is -2.40. The molecule has 1 aliphatic rings. The summed E-state index contributed by atoms with van der Waals surface area (Å²) >= 11 is 3.54. The lowest BCUT2D eigenvalue weighted by molar-refractivity contribution is 0.273. The second-order valence-electron chi connectivity index (χ2n) is 4.85. The molecule has 0 aliphatic carbocycles. The van der Waals surface area contributed by atoms with Crippen molar-refractivity contribution in [3.63, 3.8) is 0 Å². The molecule has 1 fully saturated rings. The Balaban J connectivity index is 2.22. The van der Waals surface area contributed by atoms with Crippen LogP contribution >= 0.6 is 15.9 Å². The normalized spacial score (nSPS) is 20.8. The predicted molar refractivity (Wildman–Crippen MR) is 79.2 cm³/mol. The van der Waals surface area contributed by atoms with Gasteiger partial charge < -0.3 is 15.3 Å². The summed E-state index contributed by atoms with van der Waals surface area (Å²) in [7, 11) is 0. The Bertz CT molecular complexity index is 397. The molecule has 0 amide bonds. The van der Waals surface area contributed by atoms with Gasteiger partial charge in [-0.25, -0.2) is 0 Å². The van der Waals surface area contributed by atoms with Crippen LogP contribution in [0.1, 0.15) is 18.4 Å². The Morgan fingerprint density at radius 1 is 1.50 bits per heavy atom. The van der Waals surface area contributed by atoms with Crippen molar-refractivity contribution in [2.75, 3.05) is 31.1 Å². The number of benzene rings is 1. The Kier molecular flexibility index (Phi) is 5.03. The smallest absolute Gasteiger partial charge is 0.0451 e. The van der Waals surface area contributed by atoms with Crippen LogP contribution < -0.4 is 10.2 Å². The van der Waals surface area contributed by atoms with E-state index >= 15 is 0 Å². The lowest BCUT2D eigenvalue weighted by Gasteiger charge is -2.32. The number of rotatable bonds is 3. The van der Waals surface area contributed by atoms with E-state index in [4.69, 9.17) is 0 Å². The molecule has 2 rings (SSSR count). The Hall–Kier alpha value is -0.580. The SMILES string of the molecule is Cc1cc(N2CCCNCC2CCO)ccc1Br. The van der Waals surface area contributed by atoms with E-state index in [1.807, 2.05) is 0 Å². The molecular formula is C14H21BrN2O. The van der Waals surface area contributed by atoms with Crippen LogP contribution in [0.4, 0.5) is 5.69 Å². The topological polar surface area (TPSA) is 35.5 Å². The van der Waals surface area contributed by atoms with Crippen molar-refractivity contribution in [2.45, 2.75) is 25.8 Å². The second kappa shape index (κ2) is 6.55. The van der Waals surface area contributed by atoms with Crippen molar-refractivity contribution in [3.8, 4) is 0 Å². The molecule has 1 heterocycles. The molecule has 1 aliphatic heterocycles. The molecular weight excluding hydrogens is 292 g/mol. The van der Waals surface area contributed by atoms with E-state index in [1.54, 1.807) is 0 Å². The highest BCUT2D eigenvalue weighted by Crippen LogP contribution is 2.25. The van der Waals surface area contributed by atoms with Crippen LogP contribution in [-0.2, 0) is 0 Å². The summed E-state index contributed by atoms with van der Waals surface area (Å²) in [6.45, 7) is 5.44. The summed E-state index contributed by atoms with van der Waals surface area (Å²) in [4.78, 5) is 2.43. The number of nitrogens with zero attached hydrogens (tertiary/aromatic N) is 1. The van der Waals surface area contributed by atoms with Crippen molar-refractivity contribution in [1.29, 1.82) is 0 Å². The van der Waals surface area contributed by atoms with E-state index in [-0.39, 0.29) is 6.61 Å². The van der Waals surface area contributed by atoms with E-state index in [0.29, 0.717) is 6.04 Å². The number of aryl methyl sites for hydroxylation is 1. The van der Waals surface area contributed by atoms with Gasteiger partial charge in [0.25, 0.3) is 0 Å². The van der Waals surface area contributed by atoms with Crippen molar-refractivity contribution in [1.82, 2.24) is 5.32 Å². The van der Waals surface area contributed by atoms with Crippen molar-refractivity contribution < 1.29 is 5.11 Å². The maximum atomic E-state index is 9.21. The Labute approximate surface area is 117 Å². The van der Waals surface area contributed by atoms with Gasteiger partial charge in [0.15, 0.2) is 0 Å². The monoisotopic (exact) mass is 312 g/mol. The van der Waals surface area contributed by atoms with Crippen molar-refractivity contribution in [3.05, 3.63) is 28.2 Å². The molecule has 18 heavy (non-hydrogen) atoms. The molecule has 1 aromatic carbocycles. The van der Waals surface area contributed by atoms with E-state index in [2.05, 4.69) is 51.3 Å². The number of halogens is 1. The summed E-state index contributed by atoms with van der Waals surface area (Å²) < 4.78 is 1.15. The first-order valence-corrected chi connectivity index (χ1v) is 7.36. The first kappa shape index (κ1) is 13.8. The highest BCUT2D eigenvalue weighted by Gasteiger charge is 2.20. The molecule has 2 N–H and O–H groups in total. The van der Waals surface area contributed by atoms with E-state index in [1.165, 1.54) is 11.3 Å². The van der Waals surface area contributed by atoms with Crippen molar-refractivity contribution >= 4 is 21.6 Å². The van der Waals surface area contributed by atoms with Gasteiger partial charge in [-0.3, -0.25) is 0 Å². The van der Waals surface area contributed by atoms with E-state index < -0.39 is 0 Å². The van der Waals surface area contributed by atoms with Gasteiger partial charge in [0.05, 0.1) is 0 Å². The molecule has 4 heteroatoms. The first-order valence-electron chi connectivity index (χ1n) is 6.56. The van der Waals surface area contributed by atoms with Gasteiger partial charge in [-0.1, -0.05) is 15.9 Å². The average molecular weight is 313 g/mol. The lowest BCUT2D eigenvalue weighted by atomic mass is 10.1. The Morgan fingerprint density at radius 2 is 2.33 bits per heavy atom. The van der Waals surface area contributed by atoms with E-state index in [9.17, 15) is 5.11 Å². The van der Waals surface area contributed by atoms with Gasteiger partial charge in [-0.05, 0) is 50.1 Å². The number of aliphatic hydroxyl groups is 1. The fourth-order valence-electron chi connectivity index (χ4n) is 2.49. The molecule has 3 nitrogen and oxygen atoms in total. The number of aliphatic hydroxyl groups excluding tert-OH is 1. The fourth-order valence-corrected chi connectivity index (χ4v) is 2.74. The molecule has 100 valence electrons. The predicted octanol–water partition coefficient (Wildman–Crippen LogP) is 2.31. The van der Waals surface area contributed by atoms with Gasteiger partial charge in [-0.15, -0.1) is 0 Å². The third-order valence-electron chi connectivity index (χ3n) is 3.51. The number of hydrogen-bond donors (Lipinski definition) is 2. The highest BCUT2D eigenvalue weighted by atomic mass is 79.9. The summed E-state index contributed by atoms with van der Waals surface area (Å²) in [6.07, 6.45) is 1.97. The van der Waals surface area contributed by atoms with Gasteiger partial charge in [-0.2, -0.15) is 0 Å². The van der Waals surface area contributed by atoms with E-state index in [0.717, 1.165) is 36.9 Å². The molecule has 0 radical (unpaired) electrons. The minimum Gasteiger partial charge on any atom is -0.396 e. The number of nitrogens with one attached hydrogen (secondary N) is 1. The third kappa shape index (κ3) is 3.25. The number of anilines is 1. The standard InChI is InChI=1S/C14H21BrN2O/c1-11-9-12(3-4-14(11)15)17-7-2-6-16-10-13(17)5-8-18/h3-4,9,13,16,18H,2,5-8,10H2,1H3. The molecule has 1 unspecified atom stereocenters. The maximum Gasteiger partial charge on any atom is 0.0451 e. The zero-order valence-electron chi connectivity index (χ0n) is 10.8. The van der Waals surface area contributed by atoms with Crippen LogP contribution in [0.5, 0.6) is 0 Å². The first-order chi connectivity index (χ1) is 8.72. The molecule has 0 aromatic heterocycles. The summed E-state index contributed by atoms with van der Waals surface area (Å²) in [5.41, 5.74) is 2.52. The molecule has 1 atom stereocenters. The quantitative estimate of drug-likeness (QED) is 0.899. The van der Waals surface area contributed by atoms with Crippen LogP contribution in [0.3, 0.4) is 0 Å². The molecule has 0 saturated carbocycles. The minimum absolute atomic E-state index is 0.248. The summed E-state index contributed by atoms with van der Waals surface area (Å²) in [6, 6.07) is 6.88. The summed E-state index contributed by atoms with van der Waals surface area (Å²) in [5, 5.41) is 12.7. The van der Waals surface area contributed by atoms with Gasteiger partial charge in [0.1, 0.15) is 0 Å². The maximum absolute atomic E-state index is 9.21. The fraction of sp³-hybridized carbons (Fsp3) is 0.571. The van der Waals surface area contributed by atoms with Crippen LogP contribution in [0.25, 0.3) is 0 Å². The Morgan fingerprint density at radius 3 is 3.06 bits per heavy atom. The average Bonchev–Trinajstić information content (AvgIpc) is 2.59. The zero-order chi connectivity index (χ0) is 13.0. The van der Waals surface area contributed by atoms with Crippen molar-refractivity contribution in [2.24, 2.45) is 0 Å². The van der Waals surface area contributed by atoms with Gasteiger partial charge >= 0.3 is 0 Å². The van der Waals surface area contributed by atoms with Crippen LogP contribution in [0.2, 0.25) is 0 Å². The van der Waals surface area contributed by atoms with Crippen LogP contribution in [0, 0.1) is 6.92 Å². The van der Waals surface area contributed by atoms with Gasteiger partial charge in [0, 0.05) is 35.9 Å². The molecule has 0 spiro atoms. The zero-order valence-corrected chi connectivity index (χ0v) is 12.4. The largest absolute Gasteiger partial charge is 0.396 e. The number of hydrogen-bond acceptors (Lipinski definition) is 3. The molecule has 1 aromatic rings. The molecule has 0 bridgehead atoms. The van der Waals surface area contributed by atoms with Crippen LogP contribution in [0.15, 0.2) is 22.7 Å². The second-order valence-corrected chi connectivity index (χ2v) is 5.71. The third-order valence-corrected chi connectivity index (χ3v) is 4.40. The minimum atomic E-state index is 0.248. The summed E-state index contributed by atoms with van der Waals surface area (Å²) in [5.74, 6) is 0. The van der Waals surface area contributed by atoms with Crippen LogP contribution in [-0.4, -0.2) is 37.4 Å².